The first-order valence-corrected chi connectivity index (χ1v) is 3.66. The Bertz CT molecular complexity index is 198. The van der Waals surface area contributed by atoms with E-state index in [-0.39, 0.29) is 5.78 Å². The van der Waals surface area contributed by atoms with Crippen LogP contribution in [0.5, 0.6) is 0 Å². The molecule has 0 radical (unpaired) electrons. The predicted molar refractivity (Wildman–Crippen MR) is 43.9 cm³/mol. The van der Waals surface area contributed by atoms with E-state index in [1.807, 2.05) is 6.08 Å². The van der Waals surface area contributed by atoms with Crippen LogP contribution >= 0.6 is 0 Å². The second-order valence-electron chi connectivity index (χ2n) is 2.40. The Morgan fingerprint density at radius 3 is 2.64 bits per heavy atom. The Morgan fingerprint density at radius 1 is 1.45 bits per heavy atom. The summed E-state index contributed by atoms with van der Waals surface area (Å²) < 4.78 is 0. The van der Waals surface area contributed by atoms with E-state index in [1.54, 1.807) is 6.08 Å². The number of rotatable bonds is 2. The number of hydrogen-bond donors (Lipinski definition) is 2. The van der Waals surface area contributed by atoms with Crippen molar-refractivity contribution < 1.29 is 4.79 Å². The van der Waals surface area contributed by atoms with Crippen LogP contribution in [-0.2, 0) is 4.79 Å². The number of hydrogen-bond acceptors (Lipinski definition) is 3. The summed E-state index contributed by atoms with van der Waals surface area (Å²) in [6, 6.07) is 0. The molecule has 0 aromatic heterocycles. The van der Waals surface area contributed by atoms with Crippen LogP contribution in [0.2, 0.25) is 0 Å². The highest BCUT2D eigenvalue weighted by Crippen LogP contribution is 1.89. The van der Waals surface area contributed by atoms with Gasteiger partial charge in [0.1, 0.15) is 0 Å². The predicted octanol–water partition coefficient (Wildman–Crippen LogP) is 0.166. The Kier molecular flexibility index (Phi) is 2.72. The maximum absolute atomic E-state index is 10.5. The standard InChI is InChI=1S/C8H12N2O/c1-7(11)3-2-4-8-9-5-6-10-8/h2-4,9-10H,5-6H2,1H3/b3-2+. The van der Waals surface area contributed by atoms with Crippen LogP contribution in [0, 0.1) is 0 Å². The molecule has 0 unspecified atom stereocenters. The molecule has 1 fully saturated rings. The lowest BCUT2D eigenvalue weighted by atomic mass is 10.4. The van der Waals surface area contributed by atoms with Gasteiger partial charge in [0.15, 0.2) is 5.78 Å². The summed E-state index contributed by atoms with van der Waals surface area (Å²) in [6.07, 6.45) is 5.13. The van der Waals surface area contributed by atoms with E-state index in [2.05, 4.69) is 10.6 Å². The molecule has 0 aromatic carbocycles. The van der Waals surface area contributed by atoms with E-state index in [1.165, 1.54) is 13.0 Å². The third-order valence-electron chi connectivity index (χ3n) is 1.35. The molecule has 1 heterocycles. The molecule has 0 aromatic rings. The van der Waals surface area contributed by atoms with Crippen molar-refractivity contribution in [2.75, 3.05) is 13.1 Å². The molecular formula is C8H12N2O. The van der Waals surface area contributed by atoms with Crippen molar-refractivity contribution >= 4 is 5.78 Å². The van der Waals surface area contributed by atoms with Crippen LogP contribution in [0.15, 0.2) is 24.0 Å². The minimum atomic E-state index is 0.0693. The van der Waals surface area contributed by atoms with Crippen molar-refractivity contribution in [1.82, 2.24) is 10.6 Å². The fourth-order valence-electron chi connectivity index (χ4n) is 0.855. The summed E-state index contributed by atoms with van der Waals surface area (Å²) in [7, 11) is 0. The number of ketones is 1. The third-order valence-corrected chi connectivity index (χ3v) is 1.35. The summed E-state index contributed by atoms with van der Waals surface area (Å²) in [4.78, 5) is 10.5. The molecule has 0 atom stereocenters. The lowest BCUT2D eigenvalue weighted by Gasteiger charge is -1.94. The molecule has 3 nitrogen and oxygen atoms in total. The lowest BCUT2D eigenvalue weighted by molar-refractivity contribution is -0.112. The lowest BCUT2D eigenvalue weighted by Crippen LogP contribution is -2.08. The van der Waals surface area contributed by atoms with Gasteiger partial charge in [0, 0.05) is 13.1 Å². The molecule has 0 bridgehead atoms. The van der Waals surface area contributed by atoms with Crippen molar-refractivity contribution in [1.29, 1.82) is 0 Å². The number of carbonyl (C=O) groups is 1. The van der Waals surface area contributed by atoms with Crippen molar-refractivity contribution in [3.05, 3.63) is 24.0 Å². The minimum Gasteiger partial charge on any atom is -0.370 e. The second-order valence-corrected chi connectivity index (χ2v) is 2.40. The van der Waals surface area contributed by atoms with Crippen molar-refractivity contribution in [2.45, 2.75) is 6.92 Å². The highest BCUT2D eigenvalue weighted by Gasteiger charge is 1.99. The zero-order chi connectivity index (χ0) is 8.10. The average Bonchev–Trinajstić information content (AvgIpc) is 2.39. The van der Waals surface area contributed by atoms with E-state index in [9.17, 15) is 4.79 Å². The van der Waals surface area contributed by atoms with E-state index in [0.717, 1.165) is 18.9 Å². The highest BCUT2D eigenvalue weighted by molar-refractivity contribution is 5.87. The first-order valence-electron chi connectivity index (χ1n) is 3.66. The molecule has 1 aliphatic heterocycles. The van der Waals surface area contributed by atoms with Gasteiger partial charge in [-0.3, -0.25) is 4.79 Å². The van der Waals surface area contributed by atoms with Gasteiger partial charge in [-0.1, -0.05) is 6.08 Å². The van der Waals surface area contributed by atoms with Crippen LogP contribution in [0.1, 0.15) is 6.92 Å². The third kappa shape index (κ3) is 2.89. The maximum atomic E-state index is 10.5. The minimum absolute atomic E-state index is 0.0693. The summed E-state index contributed by atoms with van der Waals surface area (Å²) >= 11 is 0. The molecule has 0 aliphatic carbocycles. The summed E-state index contributed by atoms with van der Waals surface area (Å²) in [5, 5.41) is 6.24. The zero-order valence-electron chi connectivity index (χ0n) is 6.55. The van der Waals surface area contributed by atoms with E-state index in [4.69, 9.17) is 0 Å². The van der Waals surface area contributed by atoms with Crippen LogP contribution in [-0.4, -0.2) is 18.9 Å². The zero-order valence-corrected chi connectivity index (χ0v) is 6.55. The van der Waals surface area contributed by atoms with Crippen molar-refractivity contribution in [3.63, 3.8) is 0 Å². The number of carbonyl (C=O) groups excluding carboxylic acids is 1. The van der Waals surface area contributed by atoms with Gasteiger partial charge < -0.3 is 10.6 Å². The molecule has 60 valence electrons. The summed E-state index contributed by atoms with van der Waals surface area (Å²) in [6.45, 7) is 3.45. The first kappa shape index (κ1) is 7.85. The molecule has 3 heteroatoms. The van der Waals surface area contributed by atoms with Crippen LogP contribution in [0.3, 0.4) is 0 Å². The Labute approximate surface area is 66.2 Å². The summed E-state index contributed by atoms with van der Waals surface area (Å²) in [5.41, 5.74) is 0. The fourth-order valence-corrected chi connectivity index (χ4v) is 0.855. The van der Waals surface area contributed by atoms with E-state index >= 15 is 0 Å². The van der Waals surface area contributed by atoms with Gasteiger partial charge in [-0.05, 0) is 19.1 Å². The van der Waals surface area contributed by atoms with Crippen molar-refractivity contribution in [3.8, 4) is 0 Å². The fraction of sp³-hybridized carbons (Fsp3) is 0.375. The molecule has 0 spiro atoms. The topological polar surface area (TPSA) is 41.1 Å². The van der Waals surface area contributed by atoms with Crippen molar-refractivity contribution in [2.24, 2.45) is 0 Å². The largest absolute Gasteiger partial charge is 0.370 e. The van der Waals surface area contributed by atoms with Gasteiger partial charge in [0.05, 0.1) is 5.82 Å². The van der Waals surface area contributed by atoms with Gasteiger partial charge in [0.25, 0.3) is 0 Å². The van der Waals surface area contributed by atoms with Crippen LogP contribution < -0.4 is 10.6 Å². The van der Waals surface area contributed by atoms with Crippen LogP contribution in [0.4, 0.5) is 0 Å². The van der Waals surface area contributed by atoms with Gasteiger partial charge in [-0.2, -0.15) is 0 Å². The molecule has 2 N–H and O–H groups in total. The Morgan fingerprint density at radius 2 is 2.09 bits per heavy atom. The van der Waals surface area contributed by atoms with Gasteiger partial charge in [0.2, 0.25) is 0 Å². The average molecular weight is 152 g/mol. The Hall–Kier alpha value is -1.25. The van der Waals surface area contributed by atoms with Gasteiger partial charge >= 0.3 is 0 Å². The number of nitrogens with one attached hydrogen (secondary N) is 2. The number of allylic oxidation sites excluding steroid dienone is 3. The molecule has 1 rings (SSSR count). The first-order chi connectivity index (χ1) is 5.29. The quantitative estimate of drug-likeness (QED) is 0.554. The SMILES string of the molecule is CC(=O)/C=C/C=C1NCCN1. The van der Waals surface area contributed by atoms with E-state index < -0.39 is 0 Å². The van der Waals surface area contributed by atoms with E-state index in [0.29, 0.717) is 0 Å². The smallest absolute Gasteiger partial charge is 0.152 e. The maximum Gasteiger partial charge on any atom is 0.152 e. The van der Waals surface area contributed by atoms with Crippen LogP contribution in [0.25, 0.3) is 0 Å². The van der Waals surface area contributed by atoms with Gasteiger partial charge in [-0.15, -0.1) is 0 Å². The highest BCUT2D eigenvalue weighted by atomic mass is 16.1. The molecule has 0 saturated carbocycles. The monoisotopic (exact) mass is 152 g/mol. The van der Waals surface area contributed by atoms with Gasteiger partial charge in [-0.25, -0.2) is 0 Å². The summed E-state index contributed by atoms with van der Waals surface area (Å²) in [5.74, 6) is 1.06. The Balaban J connectivity index is 2.39. The molecule has 1 saturated heterocycles. The molecule has 11 heavy (non-hydrogen) atoms. The molecule has 1 aliphatic rings. The normalized spacial score (nSPS) is 16.3. The molecule has 0 amide bonds. The molecular weight excluding hydrogens is 140 g/mol. The second kappa shape index (κ2) is 3.81.